The summed E-state index contributed by atoms with van der Waals surface area (Å²) in [5.74, 6) is 0.853. The van der Waals surface area contributed by atoms with Gasteiger partial charge in [-0.1, -0.05) is 18.2 Å². The Balaban J connectivity index is 2.08. The largest absolute Gasteiger partial charge is 0.465 e. The monoisotopic (exact) mass is 289 g/mol. The number of hydrogen-bond acceptors (Lipinski definition) is 5. The number of hydrogen-bond donors (Lipinski definition) is 1. The molecule has 1 N–H and O–H groups in total. The number of methoxy groups -OCH3 is 2. The summed E-state index contributed by atoms with van der Waals surface area (Å²) in [6, 6.07) is 9.60. The summed E-state index contributed by atoms with van der Waals surface area (Å²) >= 11 is 0. The molecule has 0 radical (unpaired) electrons. The Morgan fingerprint density at radius 2 is 2.05 bits per heavy atom. The molecule has 2 aromatic rings. The van der Waals surface area contributed by atoms with Crippen LogP contribution in [0.25, 0.3) is 0 Å². The molecule has 2 rings (SSSR count). The molecule has 5 nitrogen and oxygen atoms in total. The molecule has 21 heavy (non-hydrogen) atoms. The van der Waals surface area contributed by atoms with Gasteiger partial charge >= 0.3 is 5.97 Å². The number of ether oxygens (including phenoxy) is 2. The second-order valence-electron chi connectivity index (χ2n) is 4.62. The Morgan fingerprint density at radius 3 is 2.76 bits per heavy atom. The standard InChI is InChI=1S/C16H19NO4/c1-11-14(16(18)20-3)8-13(21-11)9-17-15-7-5-4-6-12(15)10-19-2/h4-8,17H,9-10H2,1-3H3. The van der Waals surface area contributed by atoms with Gasteiger partial charge in [0.15, 0.2) is 0 Å². The SMILES string of the molecule is COCc1ccccc1NCc1cc(C(=O)OC)c(C)o1. The molecule has 0 saturated heterocycles. The van der Waals surface area contributed by atoms with Crippen LogP contribution < -0.4 is 5.32 Å². The molecule has 0 fully saturated rings. The molecule has 0 aliphatic carbocycles. The molecule has 0 spiro atoms. The molecular weight excluding hydrogens is 270 g/mol. The lowest BCUT2D eigenvalue weighted by molar-refractivity contribution is 0.0599. The fourth-order valence-electron chi connectivity index (χ4n) is 2.10. The average molecular weight is 289 g/mol. The topological polar surface area (TPSA) is 60.7 Å². The van der Waals surface area contributed by atoms with Crippen LogP contribution in [0.4, 0.5) is 5.69 Å². The second-order valence-corrected chi connectivity index (χ2v) is 4.62. The Labute approximate surface area is 123 Å². The lowest BCUT2D eigenvalue weighted by Crippen LogP contribution is -2.03. The van der Waals surface area contributed by atoms with Crippen LogP contribution in [-0.4, -0.2) is 20.2 Å². The lowest BCUT2D eigenvalue weighted by atomic mass is 10.2. The van der Waals surface area contributed by atoms with E-state index in [4.69, 9.17) is 13.9 Å². The van der Waals surface area contributed by atoms with Crippen molar-refractivity contribution in [2.24, 2.45) is 0 Å². The normalized spacial score (nSPS) is 10.4. The third kappa shape index (κ3) is 3.64. The van der Waals surface area contributed by atoms with Gasteiger partial charge in [0.1, 0.15) is 17.1 Å². The van der Waals surface area contributed by atoms with Crippen LogP contribution in [0.1, 0.15) is 27.4 Å². The molecule has 0 atom stereocenters. The van der Waals surface area contributed by atoms with Gasteiger partial charge < -0.3 is 19.2 Å². The Hall–Kier alpha value is -2.27. The molecule has 1 heterocycles. The van der Waals surface area contributed by atoms with Gasteiger partial charge in [-0.15, -0.1) is 0 Å². The number of aryl methyl sites for hydroxylation is 1. The molecule has 0 aliphatic heterocycles. The highest BCUT2D eigenvalue weighted by molar-refractivity contribution is 5.90. The van der Waals surface area contributed by atoms with E-state index in [0.29, 0.717) is 30.2 Å². The highest BCUT2D eigenvalue weighted by Gasteiger charge is 2.15. The number of benzene rings is 1. The van der Waals surface area contributed by atoms with Crippen LogP contribution >= 0.6 is 0 Å². The molecule has 0 aliphatic rings. The molecule has 0 saturated carbocycles. The van der Waals surface area contributed by atoms with Crippen molar-refractivity contribution < 1.29 is 18.7 Å². The quantitative estimate of drug-likeness (QED) is 0.828. The molecule has 112 valence electrons. The molecular formula is C16H19NO4. The number of para-hydroxylation sites is 1. The predicted octanol–water partition coefficient (Wildman–Crippen LogP) is 3.13. The summed E-state index contributed by atoms with van der Waals surface area (Å²) in [7, 11) is 3.02. The summed E-state index contributed by atoms with van der Waals surface area (Å²) in [6.45, 7) is 2.76. The molecule has 1 aromatic carbocycles. The van der Waals surface area contributed by atoms with Crippen molar-refractivity contribution in [3.63, 3.8) is 0 Å². The Kier molecular flexibility index (Phi) is 5.00. The van der Waals surface area contributed by atoms with E-state index in [0.717, 1.165) is 11.3 Å². The van der Waals surface area contributed by atoms with Crippen molar-refractivity contribution in [3.8, 4) is 0 Å². The highest BCUT2D eigenvalue weighted by Crippen LogP contribution is 2.20. The van der Waals surface area contributed by atoms with Gasteiger partial charge in [0, 0.05) is 18.4 Å². The van der Waals surface area contributed by atoms with Crippen LogP contribution in [0, 0.1) is 6.92 Å². The van der Waals surface area contributed by atoms with E-state index in [2.05, 4.69) is 5.32 Å². The van der Waals surface area contributed by atoms with Crippen molar-refractivity contribution in [1.29, 1.82) is 0 Å². The number of anilines is 1. The molecule has 0 amide bonds. The van der Waals surface area contributed by atoms with Crippen LogP contribution in [0.5, 0.6) is 0 Å². The predicted molar refractivity (Wildman–Crippen MR) is 79.3 cm³/mol. The van der Waals surface area contributed by atoms with E-state index < -0.39 is 0 Å². The van der Waals surface area contributed by atoms with Crippen LogP contribution in [0.3, 0.4) is 0 Å². The van der Waals surface area contributed by atoms with Gasteiger partial charge in [0.25, 0.3) is 0 Å². The Morgan fingerprint density at radius 1 is 1.29 bits per heavy atom. The van der Waals surface area contributed by atoms with Gasteiger partial charge in [-0.05, 0) is 19.1 Å². The van der Waals surface area contributed by atoms with E-state index in [-0.39, 0.29) is 5.97 Å². The summed E-state index contributed by atoms with van der Waals surface area (Å²) in [5.41, 5.74) is 2.50. The van der Waals surface area contributed by atoms with Crippen LogP contribution in [0.2, 0.25) is 0 Å². The van der Waals surface area contributed by atoms with Gasteiger partial charge in [-0.3, -0.25) is 0 Å². The van der Waals surface area contributed by atoms with E-state index in [1.165, 1.54) is 7.11 Å². The fraction of sp³-hybridized carbons (Fsp3) is 0.312. The molecule has 0 unspecified atom stereocenters. The summed E-state index contributed by atoms with van der Waals surface area (Å²) in [6.07, 6.45) is 0. The number of nitrogens with one attached hydrogen (secondary N) is 1. The minimum atomic E-state index is -0.387. The zero-order valence-electron chi connectivity index (χ0n) is 12.4. The van der Waals surface area contributed by atoms with E-state index in [9.17, 15) is 4.79 Å². The number of furan rings is 1. The third-order valence-corrected chi connectivity index (χ3v) is 3.14. The van der Waals surface area contributed by atoms with Crippen molar-refractivity contribution in [3.05, 3.63) is 53.0 Å². The first kappa shape index (κ1) is 15.1. The first-order valence-electron chi connectivity index (χ1n) is 6.64. The van der Waals surface area contributed by atoms with Crippen LogP contribution in [0.15, 0.2) is 34.7 Å². The molecule has 0 bridgehead atoms. The van der Waals surface area contributed by atoms with Crippen LogP contribution in [-0.2, 0) is 22.6 Å². The summed E-state index contributed by atoms with van der Waals surface area (Å²) in [5, 5.41) is 3.29. The molecule has 5 heteroatoms. The number of carbonyl (C=O) groups is 1. The third-order valence-electron chi connectivity index (χ3n) is 3.14. The number of esters is 1. The minimum absolute atomic E-state index is 0.387. The van der Waals surface area contributed by atoms with Gasteiger partial charge in [-0.2, -0.15) is 0 Å². The summed E-state index contributed by atoms with van der Waals surface area (Å²) < 4.78 is 15.4. The average Bonchev–Trinajstić information content (AvgIpc) is 2.87. The number of carbonyl (C=O) groups excluding carboxylic acids is 1. The summed E-state index contributed by atoms with van der Waals surface area (Å²) in [4.78, 5) is 11.5. The zero-order chi connectivity index (χ0) is 15.2. The smallest absolute Gasteiger partial charge is 0.341 e. The maximum atomic E-state index is 11.5. The van der Waals surface area contributed by atoms with Gasteiger partial charge in [-0.25, -0.2) is 4.79 Å². The van der Waals surface area contributed by atoms with Crippen molar-refractivity contribution >= 4 is 11.7 Å². The van der Waals surface area contributed by atoms with Gasteiger partial charge in [0.2, 0.25) is 0 Å². The first-order valence-corrected chi connectivity index (χ1v) is 6.64. The van der Waals surface area contributed by atoms with Crippen molar-refractivity contribution in [2.45, 2.75) is 20.1 Å². The van der Waals surface area contributed by atoms with Crippen molar-refractivity contribution in [1.82, 2.24) is 0 Å². The van der Waals surface area contributed by atoms with E-state index >= 15 is 0 Å². The van der Waals surface area contributed by atoms with Crippen molar-refractivity contribution in [2.75, 3.05) is 19.5 Å². The maximum absolute atomic E-state index is 11.5. The lowest BCUT2D eigenvalue weighted by Gasteiger charge is -2.10. The van der Waals surface area contributed by atoms with E-state index in [1.54, 1.807) is 20.1 Å². The van der Waals surface area contributed by atoms with Gasteiger partial charge in [0.05, 0.1) is 20.3 Å². The highest BCUT2D eigenvalue weighted by atomic mass is 16.5. The first-order chi connectivity index (χ1) is 10.2. The number of rotatable bonds is 6. The second kappa shape index (κ2) is 6.95. The van der Waals surface area contributed by atoms with E-state index in [1.807, 2.05) is 24.3 Å². The fourth-order valence-corrected chi connectivity index (χ4v) is 2.10. The molecule has 1 aromatic heterocycles. The maximum Gasteiger partial charge on any atom is 0.341 e. The Bertz CT molecular complexity index is 618. The zero-order valence-corrected chi connectivity index (χ0v) is 12.4. The minimum Gasteiger partial charge on any atom is -0.465 e.